The Bertz CT molecular complexity index is 722. The number of carbonyl (C=O) groups excluding carboxylic acids is 2. The molecule has 0 bridgehead atoms. The van der Waals surface area contributed by atoms with Crippen LogP contribution < -0.4 is 0 Å². The van der Waals surface area contributed by atoms with Crippen molar-refractivity contribution in [2.75, 3.05) is 37.3 Å². The van der Waals surface area contributed by atoms with Crippen molar-refractivity contribution in [3.63, 3.8) is 0 Å². The largest absolute Gasteiger partial charge is 0.466 e. The van der Waals surface area contributed by atoms with Gasteiger partial charge in [-0.2, -0.15) is 0 Å². The highest BCUT2D eigenvalue weighted by atomic mass is 127. The van der Waals surface area contributed by atoms with E-state index < -0.39 is 0 Å². The van der Waals surface area contributed by atoms with E-state index in [1.54, 1.807) is 0 Å². The molecule has 7 heteroatoms. The van der Waals surface area contributed by atoms with Crippen molar-refractivity contribution in [1.29, 1.82) is 0 Å². The maximum Gasteiger partial charge on any atom is 0.308 e. The van der Waals surface area contributed by atoms with E-state index in [9.17, 15) is 14.7 Å². The molecule has 0 aliphatic carbocycles. The number of aliphatic hydroxyl groups excluding tert-OH is 1. The lowest BCUT2D eigenvalue weighted by Crippen LogP contribution is -2.29. The van der Waals surface area contributed by atoms with Crippen LogP contribution in [0.4, 0.5) is 0 Å². The van der Waals surface area contributed by atoms with Crippen LogP contribution in [0, 0.1) is 5.92 Å². The molecule has 6 nitrogen and oxygen atoms in total. The number of unbranched alkanes of at least 4 members (excludes halogenated alkanes) is 22. The van der Waals surface area contributed by atoms with Crippen molar-refractivity contribution < 1.29 is 24.2 Å². The first-order valence-corrected chi connectivity index (χ1v) is 23.8. The van der Waals surface area contributed by atoms with Crippen LogP contribution in [0.5, 0.6) is 0 Å². The Hall–Kier alpha value is -0.410. The van der Waals surface area contributed by atoms with Gasteiger partial charge >= 0.3 is 11.9 Å². The molecule has 1 N–H and O–H groups in total. The number of rotatable bonds is 41. The van der Waals surface area contributed by atoms with Crippen LogP contribution in [0.15, 0.2) is 0 Å². The third-order valence-corrected chi connectivity index (χ3v) is 11.1. The van der Waals surface area contributed by atoms with Gasteiger partial charge in [-0.15, -0.1) is 0 Å². The SMILES string of the molecule is CCCCCCCCC(CCCCCCCC)OC(=O)C(C)CCCCCCN(CCO)CCCCCCCC(=O)OCCCCCCCCI. The fourth-order valence-corrected chi connectivity index (χ4v) is 7.42. The standard InChI is InChI=1S/C44H86INO5/c1-4-6-8-10-15-24-32-42(33-25-16-11-9-7-5-2)51-44(49)41(3)31-23-18-21-29-37-46(38-39-47)36-28-20-14-17-26-34-43(48)50-40-30-22-13-12-19-27-35-45/h41-42,47H,4-40H2,1-3H3. The van der Waals surface area contributed by atoms with Gasteiger partial charge < -0.3 is 19.5 Å². The normalized spacial score (nSPS) is 12.2. The van der Waals surface area contributed by atoms with Crippen LogP contribution in [-0.2, 0) is 19.1 Å². The van der Waals surface area contributed by atoms with E-state index in [4.69, 9.17) is 9.47 Å². The molecule has 304 valence electrons. The Morgan fingerprint density at radius 2 is 1.02 bits per heavy atom. The first-order chi connectivity index (χ1) is 25.0. The molecule has 0 aliphatic heterocycles. The van der Waals surface area contributed by atoms with Crippen molar-refractivity contribution in [3.05, 3.63) is 0 Å². The molecule has 0 aromatic heterocycles. The van der Waals surface area contributed by atoms with Crippen LogP contribution in [0.3, 0.4) is 0 Å². The van der Waals surface area contributed by atoms with E-state index in [2.05, 4.69) is 48.3 Å². The summed E-state index contributed by atoms with van der Waals surface area (Å²) in [6, 6.07) is 0. The highest BCUT2D eigenvalue weighted by Crippen LogP contribution is 2.20. The highest BCUT2D eigenvalue weighted by Gasteiger charge is 2.19. The summed E-state index contributed by atoms with van der Waals surface area (Å²) in [5, 5.41) is 9.57. The first kappa shape index (κ1) is 50.6. The summed E-state index contributed by atoms with van der Waals surface area (Å²) in [5.74, 6) is -0.0350. The molecule has 0 rings (SSSR count). The molecule has 0 spiro atoms. The van der Waals surface area contributed by atoms with Gasteiger partial charge in [0.1, 0.15) is 6.10 Å². The van der Waals surface area contributed by atoms with Crippen molar-refractivity contribution in [1.82, 2.24) is 4.90 Å². The number of carbonyl (C=O) groups is 2. The van der Waals surface area contributed by atoms with Crippen LogP contribution >= 0.6 is 22.6 Å². The Morgan fingerprint density at radius 1 is 0.569 bits per heavy atom. The number of halogens is 1. The van der Waals surface area contributed by atoms with Gasteiger partial charge in [0, 0.05) is 13.0 Å². The zero-order valence-corrected chi connectivity index (χ0v) is 36.4. The molecule has 0 amide bonds. The third kappa shape index (κ3) is 36.3. The van der Waals surface area contributed by atoms with Gasteiger partial charge in [-0.3, -0.25) is 9.59 Å². The number of hydrogen-bond donors (Lipinski definition) is 1. The lowest BCUT2D eigenvalue weighted by atomic mass is 10.0. The second-order valence-corrected chi connectivity index (χ2v) is 16.5. The number of esters is 2. The van der Waals surface area contributed by atoms with Gasteiger partial charge in [0.15, 0.2) is 0 Å². The molecular weight excluding hydrogens is 749 g/mol. The number of ether oxygens (including phenoxy) is 2. The van der Waals surface area contributed by atoms with E-state index in [0.717, 1.165) is 96.7 Å². The predicted molar refractivity (Wildman–Crippen MR) is 227 cm³/mol. The minimum absolute atomic E-state index is 0.0182. The molecule has 51 heavy (non-hydrogen) atoms. The maximum absolute atomic E-state index is 13.0. The molecule has 0 aromatic rings. The summed E-state index contributed by atoms with van der Waals surface area (Å²) in [7, 11) is 0. The quantitative estimate of drug-likeness (QED) is 0.0286. The van der Waals surface area contributed by atoms with Gasteiger partial charge in [0.05, 0.1) is 19.1 Å². The molecule has 1 unspecified atom stereocenters. The third-order valence-electron chi connectivity index (χ3n) is 10.4. The number of nitrogens with zero attached hydrogens (tertiary/aromatic N) is 1. The molecule has 1 atom stereocenters. The van der Waals surface area contributed by atoms with Gasteiger partial charge in [0.25, 0.3) is 0 Å². The average molecular weight is 836 g/mol. The fraction of sp³-hybridized carbons (Fsp3) is 0.955. The first-order valence-electron chi connectivity index (χ1n) is 22.2. The van der Waals surface area contributed by atoms with Gasteiger partial charge in [-0.05, 0) is 81.7 Å². The summed E-state index contributed by atoms with van der Waals surface area (Å²) in [6.45, 7) is 10.2. The van der Waals surface area contributed by atoms with Gasteiger partial charge in [0.2, 0.25) is 0 Å². The van der Waals surface area contributed by atoms with Crippen LogP contribution in [0.25, 0.3) is 0 Å². The monoisotopic (exact) mass is 836 g/mol. The van der Waals surface area contributed by atoms with Gasteiger partial charge in [-0.25, -0.2) is 0 Å². The molecule has 0 radical (unpaired) electrons. The second kappa shape index (κ2) is 40.8. The van der Waals surface area contributed by atoms with Gasteiger partial charge in [-0.1, -0.05) is 172 Å². The number of alkyl halides is 1. The zero-order chi connectivity index (χ0) is 37.5. The number of aliphatic hydroxyl groups is 1. The lowest BCUT2D eigenvalue weighted by molar-refractivity contribution is -0.154. The van der Waals surface area contributed by atoms with Crippen molar-refractivity contribution in [3.8, 4) is 0 Å². The topological polar surface area (TPSA) is 76.1 Å². The maximum atomic E-state index is 13.0. The van der Waals surface area contributed by atoms with E-state index in [-0.39, 0.29) is 30.6 Å². The summed E-state index contributed by atoms with van der Waals surface area (Å²) in [6.07, 6.45) is 36.3. The Morgan fingerprint density at radius 3 is 1.55 bits per heavy atom. The predicted octanol–water partition coefficient (Wildman–Crippen LogP) is 12.9. The summed E-state index contributed by atoms with van der Waals surface area (Å²) < 4.78 is 12.8. The molecular formula is C44H86INO5. The summed E-state index contributed by atoms with van der Waals surface area (Å²) in [5.41, 5.74) is 0. The summed E-state index contributed by atoms with van der Waals surface area (Å²) in [4.78, 5) is 27.4. The molecule has 0 aliphatic rings. The highest BCUT2D eigenvalue weighted by molar-refractivity contribution is 14.1. The molecule has 0 aromatic carbocycles. The number of hydrogen-bond acceptors (Lipinski definition) is 6. The van der Waals surface area contributed by atoms with Crippen LogP contribution in [-0.4, -0.2) is 65.3 Å². The molecule has 0 saturated heterocycles. The Labute approximate surface area is 331 Å². The minimum atomic E-state index is -0.0327. The average Bonchev–Trinajstić information content (AvgIpc) is 3.12. The van der Waals surface area contributed by atoms with E-state index in [0.29, 0.717) is 13.0 Å². The Balaban J connectivity index is 4.06. The lowest BCUT2D eigenvalue weighted by Gasteiger charge is -2.21. The van der Waals surface area contributed by atoms with Crippen LogP contribution in [0.2, 0.25) is 0 Å². The fourth-order valence-electron chi connectivity index (χ4n) is 6.88. The van der Waals surface area contributed by atoms with E-state index in [1.807, 2.05) is 0 Å². The molecule has 0 heterocycles. The Kier molecular flexibility index (Phi) is 40.4. The second-order valence-electron chi connectivity index (χ2n) is 15.4. The smallest absolute Gasteiger partial charge is 0.308 e. The van der Waals surface area contributed by atoms with Crippen molar-refractivity contribution in [2.45, 2.75) is 226 Å². The van der Waals surface area contributed by atoms with E-state index >= 15 is 0 Å². The molecule has 0 fully saturated rings. The van der Waals surface area contributed by atoms with Crippen molar-refractivity contribution in [2.24, 2.45) is 5.92 Å². The summed E-state index contributed by atoms with van der Waals surface area (Å²) >= 11 is 2.44. The van der Waals surface area contributed by atoms with E-state index in [1.165, 1.54) is 120 Å². The zero-order valence-electron chi connectivity index (χ0n) is 34.2. The van der Waals surface area contributed by atoms with Crippen LogP contribution in [0.1, 0.15) is 220 Å². The van der Waals surface area contributed by atoms with Crippen molar-refractivity contribution >= 4 is 34.5 Å². The molecule has 0 saturated carbocycles. The minimum Gasteiger partial charge on any atom is -0.466 e.